The standard InChI is InChI=1S/C14H21N3O2.ClH/c15-9-11-5-1-2-6-12(11)16-13(18)10-17-8-4-3-7-14(17)19;/h3-4,7-8,11-12H,1-2,5-6,9-10,15H2,(H,16,18);1H. The molecule has 0 saturated heterocycles. The van der Waals surface area contributed by atoms with E-state index >= 15 is 0 Å². The van der Waals surface area contributed by atoms with Gasteiger partial charge in [-0.2, -0.15) is 0 Å². The first kappa shape index (κ1) is 16.7. The van der Waals surface area contributed by atoms with Crippen molar-refractivity contribution in [2.45, 2.75) is 38.3 Å². The van der Waals surface area contributed by atoms with Crippen LogP contribution >= 0.6 is 12.4 Å². The maximum atomic E-state index is 12.0. The first-order chi connectivity index (χ1) is 9.20. The van der Waals surface area contributed by atoms with Crippen molar-refractivity contribution < 1.29 is 4.79 Å². The Morgan fingerprint density at radius 3 is 2.80 bits per heavy atom. The quantitative estimate of drug-likeness (QED) is 0.867. The van der Waals surface area contributed by atoms with E-state index in [1.54, 1.807) is 18.3 Å². The number of rotatable bonds is 4. The van der Waals surface area contributed by atoms with Crippen LogP contribution in [0.25, 0.3) is 0 Å². The van der Waals surface area contributed by atoms with E-state index < -0.39 is 0 Å². The Morgan fingerprint density at radius 1 is 1.35 bits per heavy atom. The lowest BCUT2D eigenvalue weighted by molar-refractivity contribution is -0.123. The third-order valence-electron chi connectivity index (χ3n) is 3.77. The molecule has 1 aliphatic rings. The first-order valence-electron chi connectivity index (χ1n) is 6.85. The third kappa shape index (κ3) is 4.35. The highest BCUT2D eigenvalue weighted by Crippen LogP contribution is 2.23. The fraction of sp³-hybridized carbons (Fsp3) is 0.571. The predicted octanol–water partition coefficient (Wildman–Crippen LogP) is 0.904. The molecule has 0 aliphatic heterocycles. The van der Waals surface area contributed by atoms with Crippen molar-refractivity contribution in [2.75, 3.05) is 6.54 Å². The van der Waals surface area contributed by atoms with E-state index in [1.807, 2.05) is 0 Å². The fourth-order valence-corrected chi connectivity index (χ4v) is 2.68. The Kier molecular flexibility index (Phi) is 6.75. The van der Waals surface area contributed by atoms with Crippen molar-refractivity contribution >= 4 is 18.3 Å². The molecule has 0 radical (unpaired) electrons. The average Bonchev–Trinajstić information content (AvgIpc) is 2.42. The van der Waals surface area contributed by atoms with Crippen LogP contribution in [0.2, 0.25) is 0 Å². The molecule has 1 aromatic heterocycles. The van der Waals surface area contributed by atoms with E-state index in [0.29, 0.717) is 12.5 Å². The third-order valence-corrected chi connectivity index (χ3v) is 3.77. The largest absolute Gasteiger partial charge is 0.351 e. The second-order valence-corrected chi connectivity index (χ2v) is 5.12. The number of hydrogen-bond acceptors (Lipinski definition) is 3. The van der Waals surface area contributed by atoms with Crippen LogP contribution in [-0.4, -0.2) is 23.1 Å². The van der Waals surface area contributed by atoms with Gasteiger partial charge in [0.15, 0.2) is 0 Å². The van der Waals surface area contributed by atoms with Crippen molar-refractivity contribution in [3.05, 3.63) is 34.7 Å². The number of carbonyl (C=O) groups is 1. The number of amides is 1. The summed E-state index contributed by atoms with van der Waals surface area (Å²) >= 11 is 0. The van der Waals surface area contributed by atoms with E-state index in [4.69, 9.17) is 5.73 Å². The topological polar surface area (TPSA) is 77.1 Å². The molecule has 1 aromatic rings. The monoisotopic (exact) mass is 299 g/mol. The molecule has 1 saturated carbocycles. The van der Waals surface area contributed by atoms with Crippen molar-refractivity contribution in [1.82, 2.24) is 9.88 Å². The molecule has 1 fully saturated rings. The zero-order valence-electron chi connectivity index (χ0n) is 11.5. The van der Waals surface area contributed by atoms with Crippen molar-refractivity contribution in [1.29, 1.82) is 0 Å². The molecule has 1 amide bonds. The first-order valence-corrected chi connectivity index (χ1v) is 6.85. The molecule has 20 heavy (non-hydrogen) atoms. The van der Waals surface area contributed by atoms with Crippen molar-refractivity contribution in [3.63, 3.8) is 0 Å². The van der Waals surface area contributed by atoms with Crippen LogP contribution in [-0.2, 0) is 11.3 Å². The predicted molar refractivity (Wildman–Crippen MR) is 80.9 cm³/mol. The van der Waals surface area contributed by atoms with Crippen LogP contribution in [0.1, 0.15) is 25.7 Å². The Bertz CT molecular complexity index is 489. The number of nitrogens with two attached hydrogens (primary N) is 1. The molecule has 5 nitrogen and oxygen atoms in total. The molecular formula is C14H22ClN3O2. The highest BCUT2D eigenvalue weighted by Gasteiger charge is 2.25. The molecule has 6 heteroatoms. The molecule has 2 rings (SSSR count). The van der Waals surface area contributed by atoms with E-state index in [1.165, 1.54) is 17.1 Å². The van der Waals surface area contributed by atoms with Gasteiger partial charge >= 0.3 is 0 Å². The van der Waals surface area contributed by atoms with Crippen LogP contribution in [0, 0.1) is 5.92 Å². The second kappa shape index (κ2) is 8.07. The number of hydrogen-bond donors (Lipinski definition) is 2. The number of carbonyl (C=O) groups excluding carboxylic acids is 1. The summed E-state index contributed by atoms with van der Waals surface area (Å²) in [6, 6.07) is 5.03. The van der Waals surface area contributed by atoms with Gasteiger partial charge in [0.25, 0.3) is 5.56 Å². The van der Waals surface area contributed by atoms with Crippen LogP contribution in [0.5, 0.6) is 0 Å². The molecule has 2 atom stereocenters. The Morgan fingerprint density at radius 2 is 2.10 bits per heavy atom. The van der Waals surface area contributed by atoms with E-state index in [-0.39, 0.29) is 36.5 Å². The summed E-state index contributed by atoms with van der Waals surface area (Å²) in [6.45, 7) is 0.684. The van der Waals surface area contributed by atoms with Crippen LogP contribution in [0.3, 0.4) is 0 Å². The summed E-state index contributed by atoms with van der Waals surface area (Å²) in [5.41, 5.74) is 5.58. The summed E-state index contributed by atoms with van der Waals surface area (Å²) in [4.78, 5) is 23.5. The number of nitrogens with one attached hydrogen (secondary N) is 1. The van der Waals surface area contributed by atoms with Gasteiger partial charge in [0.05, 0.1) is 0 Å². The molecule has 0 bridgehead atoms. The highest BCUT2D eigenvalue weighted by molar-refractivity contribution is 5.85. The van der Waals surface area contributed by atoms with Crippen LogP contribution < -0.4 is 16.6 Å². The van der Waals surface area contributed by atoms with Gasteiger partial charge in [-0.15, -0.1) is 12.4 Å². The summed E-state index contributed by atoms with van der Waals surface area (Å²) < 4.78 is 1.41. The number of pyridine rings is 1. The minimum atomic E-state index is -0.156. The minimum absolute atomic E-state index is 0. The molecule has 1 heterocycles. The summed E-state index contributed by atoms with van der Waals surface area (Å²) in [5.74, 6) is 0.254. The molecular weight excluding hydrogens is 278 g/mol. The molecule has 1 aliphatic carbocycles. The maximum absolute atomic E-state index is 12.0. The van der Waals surface area contributed by atoms with Crippen LogP contribution in [0.15, 0.2) is 29.2 Å². The highest BCUT2D eigenvalue weighted by atomic mass is 35.5. The van der Waals surface area contributed by atoms with E-state index in [9.17, 15) is 9.59 Å². The van der Waals surface area contributed by atoms with Gasteiger partial charge in [0.2, 0.25) is 5.91 Å². The average molecular weight is 300 g/mol. The summed E-state index contributed by atoms with van der Waals surface area (Å²) in [5, 5.41) is 3.02. The zero-order valence-corrected chi connectivity index (χ0v) is 12.3. The molecule has 112 valence electrons. The van der Waals surface area contributed by atoms with Crippen molar-refractivity contribution in [2.24, 2.45) is 11.7 Å². The Labute approximate surface area is 125 Å². The molecule has 0 aromatic carbocycles. The van der Waals surface area contributed by atoms with E-state index in [2.05, 4.69) is 5.32 Å². The second-order valence-electron chi connectivity index (χ2n) is 5.12. The smallest absolute Gasteiger partial charge is 0.250 e. The maximum Gasteiger partial charge on any atom is 0.250 e. The Hall–Kier alpha value is -1.33. The van der Waals surface area contributed by atoms with Gasteiger partial charge in [0.1, 0.15) is 6.54 Å². The lowest BCUT2D eigenvalue weighted by Crippen LogP contribution is -2.46. The lowest BCUT2D eigenvalue weighted by atomic mass is 9.84. The molecule has 3 N–H and O–H groups in total. The summed E-state index contributed by atoms with van der Waals surface area (Å²) in [6.07, 6.45) is 6.01. The van der Waals surface area contributed by atoms with Gasteiger partial charge in [-0.05, 0) is 31.4 Å². The lowest BCUT2D eigenvalue weighted by Gasteiger charge is -2.31. The Balaban J connectivity index is 0.00000200. The van der Waals surface area contributed by atoms with Gasteiger partial charge < -0.3 is 15.6 Å². The number of aromatic nitrogens is 1. The number of halogens is 1. The van der Waals surface area contributed by atoms with Gasteiger partial charge in [-0.3, -0.25) is 9.59 Å². The fourth-order valence-electron chi connectivity index (χ4n) is 2.68. The van der Waals surface area contributed by atoms with Crippen LogP contribution in [0.4, 0.5) is 0 Å². The normalized spacial score (nSPS) is 21.9. The molecule has 2 unspecified atom stereocenters. The molecule has 0 spiro atoms. The van der Waals surface area contributed by atoms with Crippen molar-refractivity contribution in [3.8, 4) is 0 Å². The minimum Gasteiger partial charge on any atom is -0.351 e. The van der Waals surface area contributed by atoms with E-state index in [0.717, 1.165) is 19.3 Å². The van der Waals surface area contributed by atoms with Gasteiger partial charge in [-0.1, -0.05) is 18.9 Å². The SMILES string of the molecule is Cl.NCC1CCCCC1NC(=O)Cn1ccccc1=O. The summed E-state index contributed by atoms with van der Waals surface area (Å²) in [7, 11) is 0. The number of nitrogens with zero attached hydrogens (tertiary/aromatic N) is 1. The zero-order chi connectivity index (χ0) is 13.7. The van der Waals surface area contributed by atoms with Gasteiger partial charge in [0, 0.05) is 18.3 Å². The van der Waals surface area contributed by atoms with Gasteiger partial charge in [-0.25, -0.2) is 0 Å².